The topological polar surface area (TPSA) is 59.8 Å². The largest absolute Gasteiger partial charge is 0.355 e. The fourth-order valence-electron chi connectivity index (χ4n) is 2.69. The van der Waals surface area contributed by atoms with Crippen molar-refractivity contribution in [1.82, 2.24) is 19.9 Å². The number of fused-ring (bicyclic) bond motifs is 1. The van der Waals surface area contributed by atoms with Crippen molar-refractivity contribution in [3.63, 3.8) is 0 Å². The zero-order valence-electron chi connectivity index (χ0n) is 12.7. The molecule has 118 valence electrons. The van der Waals surface area contributed by atoms with Crippen molar-refractivity contribution in [3.05, 3.63) is 65.9 Å². The van der Waals surface area contributed by atoms with E-state index in [0.29, 0.717) is 13.0 Å². The normalized spacial score (nSPS) is 10.8. The summed E-state index contributed by atoms with van der Waals surface area (Å²) in [5.41, 5.74) is 5.09. The summed E-state index contributed by atoms with van der Waals surface area (Å²) in [7, 11) is 0. The van der Waals surface area contributed by atoms with E-state index in [9.17, 15) is 4.79 Å². The Labute approximate surface area is 142 Å². The highest BCUT2D eigenvalue weighted by Crippen LogP contribution is 2.26. The number of carbonyl (C=O) groups excluding carboxylic acids is 1. The van der Waals surface area contributed by atoms with E-state index in [2.05, 4.69) is 38.1 Å². The van der Waals surface area contributed by atoms with Crippen LogP contribution in [0.3, 0.4) is 0 Å². The van der Waals surface area contributed by atoms with Crippen LogP contribution >= 0.6 is 11.3 Å². The lowest BCUT2D eigenvalue weighted by atomic mass is 10.2. The van der Waals surface area contributed by atoms with Gasteiger partial charge in [0.1, 0.15) is 11.3 Å². The Hall–Kier alpha value is -2.99. The summed E-state index contributed by atoms with van der Waals surface area (Å²) in [4.78, 5) is 19.3. The number of aromatic nitrogens is 3. The average molecular weight is 334 g/mol. The number of hydrogen-bond donors (Lipinski definition) is 1. The third kappa shape index (κ3) is 2.68. The molecule has 24 heavy (non-hydrogen) atoms. The molecule has 0 aliphatic carbocycles. The molecule has 4 rings (SSSR count). The van der Waals surface area contributed by atoms with Crippen LogP contribution in [0.15, 0.2) is 60.4 Å². The molecule has 0 unspecified atom stereocenters. The molecular formula is C18H14N4OS. The van der Waals surface area contributed by atoms with Crippen LogP contribution in [-0.4, -0.2) is 20.9 Å². The number of hydrogen-bond acceptors (Lipinski definition) is 4. The predicted molar refractivity (Wildman–Crippen MR) is 95.1 cm³/mol. The molecule has 0 spiro atoms. The zero-order chi connectivity index (χ0) is 16.4. The number of carbonyl (C=O) groups is 1. The summed E-state index contributed by atoms with van der Waals surface area (Å²) < 4.78 is 2.06. The fraction of sp³-hybridized carbons (Fsp3) is 0.0556. The first-order valence-corrected chi connectivity index (χ1v) is 8.36. The molecule has 0 aliphatic rings. The maximum atomic E-state index is 10.4. The number of nitrogens with one attached hydrogen (secondary N) is 1. The monoisotopic (exact) mass is 334 g/mol. The quantitative estimate of drug-likeness (QED) is 0.569. The minimum Gasteiger partial charge on any atom is -0.355 e. The summed E-state index contributed by atoms with van der Waals surface area (Å²) in [6.45, 7) is 0.506. The lowest BCUT2D eigenvalue weighted by Crippen LogP contribution is -2.09. The molecule has 4 aromatic rings. The van der Waals surface area contributed by atoms with Crippen molar-refractivity contribution in [1.29, 1.82) is 0 Å². The number of benzene rings is 2. The standard InChI is InChI=1S/C18H14N4OS/c23-12-19-10-13-4-5-17-16(8-13)21-11-22(17)15-3-1-2-14(9-15)18-20-6-7-24-18/h1-9,11-12H,10H2,(H,19,23). The Morgan fingerprint density at radius 1 is 1.17 bits per heavy atom. The Morgan fingerprint density at radius 2 is 2.12 bits per heavy atom. The maximum Gasteiger partial charge on any atom is 0.207 e. The van der Waals surface area contributed by atoms with Crippen LogP contribution in [0.5, 0.6) is 0 Å². The summed E-state index contributed by atoms with van der Waals surface area (Å²) in [5, 5.41) is 5.65. The van der Waals surface area contributed by atoms with E-state index < -0.39 is 0 Å². The molecule has 2 aromatic heterocycles. The van der Waals surface area contributed by atoms with Crippen molar-refractivity contribution in [2.45, 2.75) is 6.54 Å². The van der Waals surface area contributed by atoms with Gasteiger partial charge >= 0.3 is 0 Å². The molecule has 0 radical (unpaired) electrons. The highest BCUT2D eigenvalue weighted by atomic mass is 32.1. The van der Waals surface area contributed by atoms with Gasteiger partial charge in [-0.15, -0.1) is 11.3 Å². The Balaban J connectivity index is 1.74. The van der Waals surface area contributed by atoms with Gasteiger partial charge < -0.3 is 5.32 Å². The van der Waals surface area contributed by atoms with Crippen LogP contribution in [0.1, 0.15) is 5.56 Å². The average Bonchev–Trinajstić information content (AvgIpc) is 3.29. The third-order valence-electron chi connectivity index (χ3n) is 3.80. The van der Waals surface area contributed by atoms with Crippen molar-refractivity contribution in [3.8, 4) is 16.3 Å². The van der Waals surface area contributed by atoms with E-state index in [0.717, 1.165) is 32.9 Å². The second kappa shape index (κ2) is 6.25. The molecule has 5 nitrogen and oxygen atoms in total. The predicted octanol–water partition coefficient (Wildman–Crippen LogP) is 3.40. The van der Waals surface area contributed by atoms with Crippen molar-refractivity contribution >= 4 is 28.8 Å². The van der Waals surface area contributed by atoms with Gasteiger partial charge in [0.2, 0.25) is 6.41 Å². The number of imidazole rings is 1. The molecule has 1 amide bonds. The molecule has 0 saturated carbocycles. The van der Waals surface area contributed by atoms with Crippen molar-refractivity contribution in [2.75, 3.05) is 0 Å². The van der Waals surface area contributed by atoms with Crippen LogP contribution in [-0.2, 0) is 11.3 Å². The van der Waals surface area contributed by atoms with E-state index in [1.54, 1.807) is 11.3 Å². The van der Waals surface area contributed by atoms with E-state index in [1.807, 2.05) is 42.2 Å². The van der Waals surface area contributed by atoms with Gasteiger partial charge in [-0.3, -0.25) is 9.36 Å². The first kappa shape index (κ1) is 14.6. The lowest BCUT2D eigenvalue weighted by Gasteiger charge is -2.07. The van der Waals surface area contributed by atoms with Gasteiger partial charge in [0, 0.05) is 29.4 Å². The van der Waals surface area contributed by atoms with Crippen molar-refractivity contribution < 1.29 is 4.79 Å². The first-order valence-electron chi connectivity index (χ1n) is 7.48. The minimum atomic E-state index is 0.506. The van der Waals surface area contributed by atoms with Gasteiger partial charge in [-0.2, -0.15) is 0 Å². The SMILES string of the molecule is O=CNCc1ccc2c(c1)ncn2-c1cccc(-c2nccs2)c1. The number of nitrogens with zero attached hydrogens (tertiary/aromatic N) is 3. The first-order chi connectivity index (χ1) is 11.8. The summed E-state index contributed by atoms with van der Waals surface area (Å²) in [6, 6.07) is 14.3. The molecule has 2 aromatic carbocycles. The van der Waals surface area contributed by atoms with Crippen LogP contribution in [0.4, 0.5) is 0 Å². The van der Waals surface area contributed by atoms with Gasteiger partial charge in [0.15, 0.2) is 0 Å². The molecular weight excluding hydrogens is 320 g/mol. The smallest absolute Gasteiger partial charge is 0.207 e. The van der Waals surface area contributed by atoms with E-state index in [1.165, 1.54) is 0 Å². The van der Waals surface area contributed by atoms with Gasteiger partial charge in [0.25, 0.3) is 0 Å². The molecule has 6 heteroatoms. The van der Waals surface area contributed by atoms with Gasteiger partial charge in [-0.25, -0.2) is 9.97 Å². The van der Waals surface area contributed by atoms with Crippen LogP contribution < -0.4 is 5.32 Å². The van der Waals surface area contributed by atoms with E-state index in [4.69, 9.17) is 0 Å². The van der Waals surface area contributed by atoms with E-state index >= 15 is 0 Å². The van der Waals surface area contributed by atoms with Gasteiger partial charge in [0.05, 0.1) is 11.0 Å². The maximum absolute atomic E-state index is 10.4. The Kier molecular flexibility index (Phi) is 3.80. The number of rotatable bonds is 5. The molecule has 0 aliphatic heterocycles. The fourth-order valence-corrected chi connectivity index (χ4v) is 3.32. The molecule has 2 heterocycles. The summed E-state index contributed by atoms with van der Waals surface area (Å²) in [5.74, 6) is 0. The van der Waals surface area contributed by atoms with Gasteiger partial charge in [-0.05, 0) is 29.8 Å². The summed E-state index contributed by atoms with van der Waals surface area (Å²) in [6.07, 6.45) is 4.34. The Bertz CT molecular complexity index is 991. The lowest BCUT2D eigenvalue weighted by molar-refractivity contribution is -0.109. The highest BCUT2D eigenvalue weighted by molar-refractivity contribution is 7.13. The molecule has 0 saturated heterocycles. The highest BCUT2D eigenvalue weighted by Gasteiger charge is 2.08. The Morgan fingerprint density at radius 3 is 2.96 bits per heavy atom. The second-order valence-electron chi connectivity index (χ2n) is 5.32. The van der Waals surface area contributed by atoms with Crippen LogP contribution in [0, 0.1) is 0 Å². The molecule has 0 bridgehead atoms. The minimum absolute atomic E-state index is 0.506. The number of thiazole rings is 1. The number of amides is 1. The van der Waals surface area contributed by atoms with Crippen molar-refractivity contribution in [2.24, 2.45) is 0 Å². The van der Waals surface area contributed by atoms with Crippen LogP contribution in [0.2, 0.25) is 0 Å². The summed E-state index contributed by atoms with van der Waals surface area (Å²) >= 11 is 1.62. The second-order valence-corrected chi connectivity index (χ2v) is 6.22. The molecule has 1 N–H and O–H groups in total. The van der Waals surface area contributed by atoms with E-state index in [-0.39, 0.29) is 0 Å². The van der Waals surface area contributed by atoms with Gasteiger partial charge in [-0.1, -0.05) is 18.2 Å². The molecule has 0 fully saturated rings. The molecule has 0 atom stereocenters. The van der Waals surface area contributed by atoms with Crippen LogP contribution in [0.25, 0.3) is 27.3 Å². The zero-order valence-corrected chi connectivity index (χ0v) is 13.5. The third-order valence-corrected chi connectivity index (χ3v) is 4.63.